The van der Waals surface area contributed by atoms with Gasteiger partial charge in [0.15, 0.2) is 6.61 Å². The zero-order chi connectivity index (χ0) is 16.0. The van der Waals surface area contributed by atoms with Crippen molar-refractivity contribution in [1.29, 1.82) is 0 Å². The quantitative estimate of drug-likeness (QED) is 0.844. The number of anilines is 1. The third kappa shape index (κ3) is 4.00. The van der Waals surface area contributed by atoms with Crippen LogP contribution in [-0.4, -0.2) is 23.6 Å². The van der Waals surface area contributed by atoms with E-state index in [4.69, 9.17) is 9.84 Å². The van der Waals surface area contributed by atoms with Gasteiger partial charge in [0.05, 0.1) is 0 Å². The molecule has 5 heteroatoms. The lowest BCUT2D eigenvalue weighted by Crippen LogP contribution is -2.37. The van der Waals surface area contributed by atoms with E-state index < -0.39 is 12.6 Å². The zero-order valence-corrected chi connectivity index (χ0v) is 12.9. The van der Waals surface area contributed by atoms with E-state index in [2.05, 4.69) is 12.2 Å². The number of carboxylic acids is 1. The predicted molar refractivity (Wildman–Crippen MR) is 84.0 cm³/mol. The van der Waals surface area contributed by atoms with E-state index in [-0.39, 0.29) is 11.3 Å². The molecular formula is C17H23NO4. The van der Waals surface area contributed by atoms with Crippen molar-refractivity contribution in [2.75, 3.05) is 11.9 Å². The molecule has 0 unspecified atom stereocenters. The van der Waals surface area contributed by atoms with Crippen LogP contribution in [0.1, 0.15) is 45.4 Å². The van der Waals surface area contributed by atoms with Crippen LogP contribution < -0.4 is 10.1 Å². The highest BCUT2D eigenvalue weighted by atomic mass is 16.5. The van der Waals surface area contributed by atoms with Gasteiger partial charge in [0.2, 0.25) is 5.91 Å². The molecule has 1 aromatic carbocycles. The first-order valence-corrected chi connectivity index (χ1v) is 7.82. The molecule has 2 N–H and O–H groups in total. The van der Waals surface area contributed by atoms with Gasteiger partial charge in [0.1, 0.15) is 5.75 Å². The van der Waals surface area contributed by atoms with Gasteiger partial charge in [0, 0.05) is 17.2 Å². The predicted octanol–water partition coefficient (Wildman–Crippen LogP) is 3.45. The Labute approximate surface area is 130 Å². The van der Waals surface area contributed by atoms with E-state index >= 15 is 0 Å². The minimum atomic E-state index is -1.03. The third-order valence-electron chi connectivity index (χ3n) is 4.42. The van der Waals surface area contributed by atoms with E-state index in [1.165, 1.54) is 6.42 Å². The fraction of sp³-hybridized carbons (Fsp3) is 0.529. The molecule has 0 heterocycles. The number of ether oxygens (including phenoxy) is 1. The monoisotopic (exact) mass is 305 g/mol. The number of carbonyl (C=O) groups excluding carboxylic acids is 1. The van der Waals surface area contributed by atoms with Crippen molar-refractivity contribution >= 4 is 17.6 Å². The van der Waals surface area contributed by atoms with Crippen molar-refractivity contribution in [2.45, 2.75) is 45.4 Å². The fourth-order valence-electron chi connectivity index (χ4n) is 3.04. The molecule has 1 saturated carbocycles. The van der Waals surface area contributed by atoms with Crippen LogP contribution in [0.5, 0.6) is 5.75 Å². The molecular weight excluding hydrogens is 282 g/mol. The summed E-state index contributed by atoms with van der Waals surface area (Å²) >= 11 is 0. The van der Waals surface area contributed by atoms with Gasteiger partial charge < -0.3 is 15.2 Å². The lowest BCUT2D eigenvalue weighted by atomic mass is 9.71. The van der Waals surface area contributed by atoms with Crippen molar-refractivity contribution in [2.24, 2.45) is 5.41 Å². The number of carboxylic acid groups (broad SMARTS) is 1. The van der Waals surface area contributed by atoms with E-state index in [1.807, 2.05) is 0 Å². The molecule has 1 amide bonds. The van der Waals surface area contributed by atoms with Gasteiger partial charge >= 0.3 is 5.97 Å². The van der Waals surface area contributed by atoms with E-state index in [0.717, 1.165) is 32.1 Å². The molecule has 1 aliphatic carbocycles. The summed E-state index contributed by atoms with van der Waals surface area (Å²) in [6, 6.07) is 6.87. The SMILES string of the molecule is CCC1(C(=O)Nc2cccc(OCC(=O)O)c2)CCCCC1. The largest absolute Gasteiger partial charge is 0.482 e. The van der Waals surface area contributed by atoms with Gasteiger partial charge in [0.25, 0.3) is 0 Å². The average Bonchev–Trinajstić information content (AvgIpc) is 2.54. The number of benzene rings is 1. The molecule has 0 saturated heterocycles. The Hall–Kier alpha value is -2.04. The molecule has 0 atom stereocenters. The fourth-order valence-corrected chi connectivity index (χ4v) is 3.04. The first kappa shape index (κ1) is 16.3. The first-order valence-electron chi connectivity index (χ1n) is 7.82. The van der Waals surface area contributed by atoms with E-state index in [9.17, 15) is 9.59 Å². The number of hydrogen-bond donors (Lipinski definition) is 2. The number of nitrogens with one attached hydrogen (secondary N) is 1. The molecule has 5 nitrogen and oxygen atoms in total. The summed E-state index contributed by atoms with van der Waals surface area (Å²) in [6.45, 7) is 1.67. The summed E-state index contributed by atoms with van der Waals surface area (Å²) < 4.78 is 5.14. The van der Waals surface area contributed by atoms with Crippen LogP contribution in [0.2, 0.25) is 0 Å². The number of carbonyl (C=O) groups is 2. The molecule has 0 aliphatic heterocycles. The van der Waals surface area contributed by atoms with Gasteiger partial charge in [-0.3, -0.25) is 4.79 Å². The van der Waals surface area contributed by atoms with Gasteiger partial charge in [-0.15, -0.1) is 0 Å². The number of aliphatic carboxylic acids is 1. The second-order valence-corrected chi connectivity index (χ2v) is 5.86. The van der Waals surface area contributed by atoms with Crippen LogP contribution >= 0.6 is 0 Å². The highest BCUT2D eigenvalue weighted by molar-refractivity contribution is 5.95. The molecule has 120 valence electrons. The standard InChI is InChI=1S/C17H23NO4/c1-2-17(9-4-3-5-10-17)16(21)18-13-7-6-8-14(11-13)22-12-15(19)20/h6-8,11H,2-5,9-10,12H2,1H3,(H,18,21)(H,19,20). The van der Waals surface area contributed by atoms with Crippen LogP contribution in [-0.2, 0) is 9.59 Å². The van der Waals surface area contributed by atoms with Crippen LogP contribution in [0.4, 0.5) is 5.69 Å². The second kappa shape index (κ2) is 7.29. The van der Waals surface area contributed by atoms with Crippen molar-refractivity contribution in [3.05, 3.63) is 24.3 Å². The Morgan fingerprint density at radius 2 is 2.00 bits per heavy atom. The first-order chi connectivity index (χ1) is 10.6. The maximum absolute atomic E-state index is 12.7. The number of rotatable bonds is 6. The minimum absolute atomic E-state index is 0.0603. The number of amides is 1. The van der Waals surface area contributed by atoms with Crippen molar-refractivity contribution in [1.82, 2.24) is 0 Å². The molecule has 1 aromatic rings. The van der Waals surface area contributed by atoms with E-state index in [0.29, 0.717) is 11.4 Å². The summed E-state index contributed by atoms with van der Waals surface area (Å²) in [6.07, 6.45) is 6.11. The molecule has 1 fully saturated rings. The molecule has 22 heavy (non-hydrogen) atoms. The maximum Gasteiger partial charge on any atom is 0.341 e. The average molecular weight is 305 g/mol. The number of hydrogen-bond acceptors (Lipinski definition) is 3. The van der Waals surface area contributed by atoms with Crippen LogP contribution in [0.25, 0.3) is 0 Å². The van der Waals surface area contributed by atoms with Gasteiger partial charge in [-0.1, -0.05) is 32.3 Å². The van der Waals surface area contributed by atoms with E-state index in [1.54, 1.807) is 24.3 Å². The van der Waals surface area contributed by atoms with Crippen molar-refractivity contribution in [3.8, 4) is 5.75 Å². The lowest BCUT2D eigenvalue weighted by Gasteiger charge is -2.34. The minimum Gasteiger partial charge on any atom is -0.482 e. The Morgan fingerprint density at radius 3 is 2.64 bits per heavy atom. The summed E-state index contributed by atoms with van der Waals surface area (Å²) in [7, 11) is 0. The van der Waals surface area contributed by atoms with Crippen LogP contribution in [0.15, 0.2) is 24.3 Å². The zero-order valence-electron chi connectivity index (χ0n) is 12.9. The maximum atomic E-state index is 12.7. The van der Waals surface area contributed by atoms with Gasteiger partial charge in [-0.25, -0.2) is 4.79 Å². The van der Waals surface area contributed by atoms with Crippen LogP contribution in [0.3, 0.4) is 0 Å². The Bertz CT molecular complexity index is 535. The summed E-state index contributed by atoms with van der Waals surface area (Å²) in [5.41, 5.74) is 0.377. The molecule has 2 rings (SSSR count). The van der Waals surface area contributed by atoms with Gasteiger partial charge in [-0.05, 0) is 31.4 Å². The van der Waals surface area contributed by atoms with Crippen molar-refractivity contribution < 1.29 is 19.4 Å². The summed E-state index contributed by atoms with van der Waals surface area (Å²) in [5.74, 6) is -0.527. The molecule has 1 aliphatic rings. The molecule has 0 bridgehead atoms. The lowest BCUT2D eigenvalue weighted by molar-refractivity contribution is -0.139. The normalized spacial score (nSPS) is 16.8. The second-order valence-electron chi connectivity index (χ2n) is 5.86. The summed E-state index contributed by atoms with van der Waals surface area (Å²) in [4.78, 5) is 23.2. The third-order valence-corrected chi connectivity index (χ3v) is 4.42. The summed E-state index contributed by atoms with van der Waals surface area (Å²) in [5, 5.41) is 11.6. The Morgan fingerprint density at radius 1 is 1.27 bits per heavy atom. The highest BCUT2D eigenvalue weighted by Gasteiger charge is 2.37. The molecule has 0 radical (unpaired) electrons. The van der Waals surface area contributed by atoms with Crippen LogP contribution in [0, 0.1) is 5.41 Å². The topological polar surface area (TPSA) is 75.6 Å². The smallest absolute Gasteiger partial charge is 0.341 e. The molecule has 0 spiro atoms. The van der Waals surface area contributed by atoms with Gasteiger partial charge in [-0.2, -0.15) is 0 Å². The Kier molecular flexibility index (Phi) is 5.41. The Balaban J connectivity index is 2.04. The highest BCUT2D eigenvalue weighted by Crippen LogP contribution is 2.40. The van der Waals surface area contributed by atoms with Crippen molar-refractivity contribution in [3.63, 3.8) is 0 Å². The molecule has 0 aromatic heterocycles.